The maximum atomic E-state index is 13.5. The lowest BCUT2D eigenvalue weighted by Gasteiger charge is -2.08. The van der Waals surface area contributed by atoms with Crippen LogP contribution < -0.4 is 5.32 Å². The molecule has 0 aliphatic heterocycles. The molecule has 0 bridgehead atoms. The highest BCUT2D eigenvalue weighted by Gasteiger charge is 2.17. The van der Waals surface area contributed by atoms with Crippen molar-refractivity contribution in [1.82, 2.24) is 0 Å². The number of halogens is 3. The largest absolute Gasteiger partial charge is 0.321 e. The highest BCUT2D eigenvalue weighted by atomic mass is 79.9. The minimum absolute atomic E-state index is 0.00656. The van der Waals surface area contributed by atoms with Crippen LogP contribution in [0.5, 0.6) is 0 Å². The lowest BCUT2D eigenvalue weighted by Crippen LogP contribution is -2.12. The molecule has 108 valence electrons. The first-order chi connectivity index (χ1) is 9.88. The molecule has 0 radical (unpaired) electrons. The molecule has 0 heterocycles. The van der Waals surface area contributed by atoms with Gasteiger partial charge >= 0.3 is 5.69 Å². The summed E-state index contributed by atoms with van der Waals surface area (Å²) < 4.78 is 15.0. The molecule has 2 aromatic rings. The number of nitro groups is 1. The molecule has 1 amide bonds. The maximum absolute atomic E-state index is 13.5. The summed E-state index contributed by atoms with van der Waals surface area (Å²) in [5, 5.41) is 13.1. The van der Waals surface area contributed by atoms with Gasteiger partial charge in [-0.3, -0.25) is 14.9 Å². The smallest absolute Gasteiger partial charge is 0.304 e. The summed E-state index contributed by atoms with van der Waals surface area (Å²) in [6.45, 7) is 0. The van der Waals surface area contributed by atoms with Crippen LogP contribution in [0.4, 0.5) is 15.8 Å². The zero-order valence-corrected chi connectivity index (χ0v) is 13.4. The summed E-state index contributed by atoms with van der Waals surface area (Å²) >= 11 is 6.57. The van der Waals surface area contributed by atoms with E-state index in [2.05, 4.69) is 37.2 Å². The third kappa shape index (κ3) is 3.64. The van der Waals surface area contributed by atoms with Gasteiger partial charge in [0.15, 0.2) is 0 Å². The normalized spacial score (nSPS) is 10.2. The van der Waals surface area contributed by atoms with Crippen molar-refractivity contribution >= 4 is 49.1 Å². The quantitative estimate of drug-likeness (QED) is 0.589. The van der Waals surface area contributed by atoms with Crippen LogP contribution in [0, 0.1) is 15.9 Å². The van der Waals surface area contributed by atoms with Crippen LogP contribution >= 0.6 is 31.9 Å². The van der Waals surface area contributed by atoms with Crippen molar-refractivity contribution in [3.05, 3.63) is 66.8 Å². The average Bonchev–Trinajstić information content (AvgIpc) is 2.41. The molecule has 21 heavy (non-hydrogen) atoms. The molecule has 0 saturated carbocycles. The monoisotopic (exact) mass is 416 g/mol. The second kappa shape index (κ2) is 6.31. The van der Waals surface area contributed by atoms with Gasteiger partial charge in [-0.1, -0.05) is 15.9 Å². The molecule has 0 fully saturated rings. The number of amides is 1. The molecule has 1 N–H and O–H groups in total. The fraction of sp³-hybridized carbons (Fsp3) is 0. The molecule has 2 aromatic carbocycles. The average molecular weight is 418 g/mol. The van der Waals surface area contributed by atoms with Crippen LogP contribution in [0.1, 0.15) is 10.4 Å². The molecule has 0 atom stereocenters. The van der Waals surface area contributed by atoms with Gasteiger partial charge in [0.25, 0.3) is 5.91 Å². The second-order valence-electron chi connectivity index (χ2n) is 4.00. The van der Waals surface area contributed by atoms with Crippen LogP contribution in [0.2, 0.25) is 0 Å². The van der Waals surface area contributed by atoms with Crippen molar-refractivity contribution in [2.24, 2.45) is 0 Å². The molecule has 0 aromatic heterocycles. The molecule has 2 rings (SSSR count). The number of nitro benzene ring substituents is 1. The van der Waals surface area contributed by atoms with Gasteiger partial charge in [0.2, 0.25) is 5.82 Å². The van der Waals surface area contributed by atoms with Crippen LogP contribution in [0.3, 0.4) is 0 Å². The van der Waals surface area contributed by atoms with E-state index in [1.54, 1.807) is 18.2 Å². The van der Waals surface area contributed by atoms with Gasteiger partial charge in [-0.15, -0.1) is 0 Å². The number of hydrogen-bond donors (Lipinski definition) is 1. The molecular weight excluding hydrogens is 411 g/mol. The molecule has 8 heteroatoms. The van der Waals surface area contributed by atoms with Crippen molar-refractivity contribution in [1.29, 1.82) is 0 Å². The standard InChI is InChI=1S/C13H7Br2FN2O3/c14-8-2-3-11(9(15)6-8)17-13(19)7-1-4-12(18(20)21)10(16)5-7/h1-6H,(H,17,19). The summed E-state index contributed by atoms with van der Waals surface area (Å²) in [5.74, 6) is -1.62. The van der Waals surface area contributed by atoms with Gasteiger partial charge in [-0.25, -0.2) is 0 Å². The maximum Gasteiger partial charge on any atom is 0.304 e. The first-order valence-corrected chi connectivity index (χ1v) is 7.17. The zero-order valence-electron chi connectivity index (χ0n) is 10.3. The predicted octanol–water partition coefficient (Wildman–Crippen LogP) is 4.51. The van der Waals surface area contributed by atoms with Gasteiger partial charge in [-0.2, -0.15) is 4.39 Å². The third-order valence-electron chi connectivity index (χ3n) is 2.59. The molecular formula is C13H7Br2FN2O3. The van der Waals surface area contributed by atoms with Gasteiger partial charge in [0.05, 0.1) is 10.6 Å². The van der Waals surface area contributed by atoms with E-state index in [1.807, 2.05) is 0 Å². The number of hydrogen-bond acceptors (Lipinski definition) is 3. The van der Waals surface area contributed by atoms with E-state index < -0.39 is 22.3 Å². The molecule has 0 saturated heterocycles. The Hall–Kier alpha value is -1.80. The van der Waals surface area contributed by atoms with Crippen molar-refractivity contribution in [3.8, 4) is 0 Å². The summed E-state index contributed by atoms with van der Waals surface area (Å²) in [6, 6.07) is 8.13. The van der Waals surface area contributed by atoms with Gasteiger partial charge < -0.3 is 5.32 Å². The Morgan fingerprint density at radius 3 is 2.48 bits per heavy atom. The lowest BCUT2D eigenvalue weighted by atomic mass is 10.2. The summed E-state index contributed by atoms with van der Waals surface area (Å²) in [5.41, 5.74) is -0.175. The molecule has 0 spiro atoms. The van der Waals surface area contributed by atoms with Crippen molar-refractivity contribution in [3.63, 3.8) is 0 Å². The molecule has 0 unspecified atom stereocenters. The fourth-order valence-electron chi connectivity index (χ4n) is 1.58. The summed E-state index contributed by atoms with van der Waals surface area (Å²) in [6.07, 6.45) is 0. The molecule has 0 aliphatic carbocycles. The number of nitrogens with zero attached hydrogens (tertiary/aromatic N) is 1. The highest BCUT2D eigenvalue weighted by molar-refractivity contribution is 9.11. The Bertz CT molecular complexity index is 737. The number of carbonyl (C=O) groups excluding carboxylic acids is 1. The molecule has 0 aliphatic rings. The highest BCUT2D eigenvalue weighted by Crippen LogP contribution is 2.27. The van der Waals surface area contributed by atoms with E-state index >= 15 is 0 Å². The van der Waals surface area contributed by atoms with Crippen molar-refractivity contribution in [2.45, 2.75) is 0 Å². The Morgan fingerprint density at radius 2 is 1.90 bits per heavy atom. The van der Waals surface area contributed by atoms with E-state index in [0.717, 1.165) is 16.6 Å². The van der Waals surface area contributed by atoms with E-state index in [0.29, 0.717) is 10.2 Å². The van der Waals surface area contributed by atoms with Crippen LogP contribution in [0.15, 0.2) is 45.3 Å². The topological polar surface area (TPSA) is 72.2 Å². The number of rotatable bonds is 3. The van der Waals surface area contributed by atoms with Crippen molar-refractivity contribution in [2.75, 3.05) is 5.32 Å². The van der Waals surface area contributed by atoms with Gasteiger partial charge in [0.1, 0.15) is 0 Å². The zero-order chi connectivity index (χ0) is 15.6. The Labute approximate surface area is 135 Å². The van der Waals surface area contributed by atoms with Crippen LogP contribution in [0.25, 0.3) is 0 Å². The van der Waals surface area contributed by atoms with Gasteiger partial charge in [-0.05, 0) is 46.3 Å². The number of nitrogens with one attached hydrogen (secondary N) is 1. The van der Waals surface area contributed by atoms with Crippen LogP contribution in [-0.4, -0.2) is 10.8 Å². The first-order valence-electron chi connectivity index (χ1n) is 5.59. The Morgan fingerprint density at radius 1 is 1.19 bits per heavy atom. The number of carbonyl (C=O) groups is 1. The predicted molar refractivity (Wildman–Crippen MR) is 82.8 cm³/mol. The SMILES string of the molecule is O=C(Nc1ccc(Br)cc1Br)c1ccc([N+](=O)[O-])c(F)c1. The minimum Gasteiger partial charge on any atom is -0.321 e. The van der Waals surface area contributed by atoms with E-state index in [4.69, 9.17) is 0 Å². The Balaban J connectivity index is 2.24. The first kappa shape index (κ1) is 15.6. The van der Waals surface area contributed by atoms with E-state index in [1.165, 1.54) is 6.07 Å². The summed E-state index contributed by atoms with van der Waals surface area (Å²) in [7, 11) is 0. The summed E-state index contributed by atoms with van der Waals surface area (Å²) in [4.78, 5) is 21.7. The van der Waals surface area contributed by atoms with E-state index in [-0.39, 0.29) is 5.56 Å². The Kier molecular flexibility index (Phi) is 4.69. The lowest BCUT2D eigenvalue weighted by molar-refractivity contribution is -0.387. The van der Waals surface area contributed by atoms with E-state index in [9.17, 15) is 19.3 Å². The van der Waals surface area contributed by atoms with Crippen molar-refractivity contribution < 1.29 is 14.1 Å². The number of benzene rings is 2. The minimum atomic E-state index is -1.05. The number of anilines is 1. The van der Waals surface area contributed by atoms with Crippen LogP contribution in [-0.2, 0) is 0 Å². The fourth-order valence-corrected chi connectivity index (χ4v) is 2.73. The van der Waals surface area contributed by atoms with Gasteiger partial charge in [0, 0.05) is 20.6 Å². The molecule has 5 nitrogen and oxygen atoms in total. The second-order valence-corrected chi connectivity index (χ2v) is 5.77. The third-order valence-corrected chi connectivity index (χ3v) is 3.74.